The van der Waals surface area contributed by atoms with E-state index in [1.54, 1.807) is 83.6 Å². The minimum absolute atomic E-state index is 0.0336. The second-order valence-electron chi connectivity index (χ2n) is 19.3. The van der Waals surface area contributed by atoms with Gasteiger partial charge in [-0.3, -0.25) is 29.0 Å². The lowest BCUT2D eigenvalue weighted by Gasteiger charge is -2.36. The topological polar surface area (TPSA) is 201 Å². The van der Waals surface area contributed by atoms with E-state index in [0.717, 1.165) is 64.6 Å². The Kier molecular flexibility index (Phi) is 17.8. The molecule has 0 spiro atoms. The van der Waals surface area contributed by atoms with Crippen LogP contribution in [0.25, 0.3) is 0 Å². The van der Waals surface area contributed by atoms with Crippen molar-refractivity contribution in [3.63, 3.8) is 0 Å². The molecule has 4 amide bonds. The number of aromatic nitrogens is 3. The van der Waals surface area contributed by atoms with Crippen molar-refractivity contribution >= 4 is 70.0 Å². The van der Waals surface area contributed by atoms with Crippen LogP contribution < -0.4 is 25.4 Å². The third kappa shape index (κ3) is 13.5. The number of ketones is 1. The highest BCUT2D eigenvalue weighted by Crippen LogP contribution is 2.37. The molecule has 4 heterocycles. The molecule has 3 atom stereocenters. The highest BCUT2D eigenvalue weighted by atomic mass is 35.5. The monoisotopic (exact) mass is 1010 g/mol. The smallest absolute Gasteiger partial charge is 0.410 e. The molecule has 2 saturated heterocycles. The summed E-state index contributed by atoms with van der Waals surface area (Å²) in [4.78, 5) is 89.0. The van der Waals surface area contributed by atoms with Gasteiger partial charge in [0.15, 0.2) is 0 Å². The largest absolute Gasteiger partial charge is 0.495 e. The molecule has 3 N–H and O–H groups in total. The van der Waals surface area contributed by atoms with Gasteiger partial charge in [0.1, 0.15) is 50.7 Å². The fraction of sp³-hybridized carbons (Fsp3) is 0.529. The van der Waals surface area contributed by atoms with E-state index in [4.69, 9.17) is 30.8 Å². The van der Waals surface area contributed by atoms with Crippen LogP contribution in [0.3, 0.4) is 0 Å². The van der Waals surface area contributed by atoms with Gasteiger partial charge in [-0.05, 0) is 96.0 Å². The SMILES string of the molecule is CNc1nc(Nc2ccc(C(=O)N3CCN(CCCOc4cccc(C(=O)c5csc([C@@H]6CCCN6C(=O)[C@@H](NC(=O)[C@H](C)N(C)C(=O)OC(C)(C)C)C6CCCCC6)n5)c4)CC3)cc2OC)ncc1Cl. The van der Waals surface area contributed by atoms with Crippen molar-refractivity contribution in [3.05, 3.63) is 80.9 Å². The number of hydrogen-bond acceptors (Lipinski definition) is 15. The van der Waals surface area contributed by atoms with E-state index in [-0.39, 0.29) is 29.6 Å². The van der Waals surface area contributed by atoms with Crippen molar-refractivity contribution in [2.45, 2.75) is 103 Å². The first-order valence-electron chi connectivity index (χ1n) is 24.5. The molecule has 7 rings (SSSR count). The molecule has 20 heteroatoms. The Morgan fingerprint density at radius 1 is 0.944 bits per heavy atom. The molecule has 2 aromatic carbocycles. The van der Waals surface area contributed by atoms with Crippen LogP contribution in [0.5, 0.6) is 11.5 Å². The quantitative estimate of drug-likeness (QED) is 0.0643. The fourth-order valence-electron chi connectivity index (χ4n) is 9.16. The number of nitrogens with one attached hydrogen (secondary N) is 3. The Morgan fingerprint density at radius 3 is 2.42 bits per heavy atom. The van der Waals surface area contributed by atoms with Crippen LogP contribution in [0.4, 0.5) is 22.2 Å². The standard InChI is InChI=1S/C51H67ClN10O8S/c1-32(59(6)50(67)70-51(2,3)4)45(64)57-42(33-14-9-8-10-15-33)48(66)62-22-12-18-40(62)46-55-39(31-71-46)43(63)34-16-11-17-36(28-34)69-27-13-21-60-23-25-61(26-24-60)47(65)35-19-20-38(41(29-35)68-7)56-49-54-30-37(52)44(53-5)58-49/h11,16-17,19-20,28-33,40,42H,8-10,12-15,18,21-27H2,1-7H3,(H,57,64)(H2,53,54,56,58)/t32-,40-,42-/m0/s1. The number of hydrogen-bond donors (Lipinski definition) is 3. The van der Waals surface area contributed by atoms with Crippen LogP contribution in [-0.2, 0) is 14.3 Å². The number of methoxy groups -OCH3 is 1. The minimum Gasteiger partial charge on any atom is -0.495 e. The Labute approximate surface area is 425 Å². The Bertz CT molecular complexity index is 2520. The van der Waals surface area contributed by atoms with Crippen LogP contribution in [0.1, 0.15) is 117 Å². The first-order valence-corrected chi connectivity index (χ1v) is 25.8. The second-order valence-corrected chi connectivity index (χ2v) is 20.6. The molecule has 3 fully saturated rings. The van der Waals surface area contributed by atoms with Crippen molar-refractivity contribution in [2.75, 3.05) is 77.7 Å². The van der Waals surface area contributed by atoms with Gasteiger partial charge in [0.2, 0.25) is 23.5 Å². The van der Waals surface area contributed by atoms with Gasteiger partial charge in [-0.2, -0.15) is 4.98 Å². The van der Waals surface area contributed by atoms with E-state index in [9.17, 15) is 24.0 Å². The molecule has 0 radical (unpaired) electrons. The summed E-state index contributed by atoms with van der Waals surface area (Å²) >= 11 is 7.49. The van der Waals surface area contributed by atoms with E-state index >= 15 is 0 Å². The lowest BCUT2D eigenvalue weighted by atomic mass is 9.83. The predicted molar refractivity (Wildman–Crippen MR) is 273 cm³/mol. The Hall–Kier alpha value is -6.05. The maximum Gasteiger partial charge on any atom is 0.410 e. The number of ether oxygens (including phenoxy) is 3. The van der Waals surface area contributed by atoms with Crippen molar-refractivity contribution in [1.82, 2.24) is 39.9 Å². The number of benzene rings is 2. The maximum atomic E-state index is 14.5. The zero-order chi connectivity index (χ0) is 50.8. The summed E-state index contributed by atoms with van der Waals surface area (Å²) in [5.41, 5.74) is 1.16. The van der Waals surface area contributed by atoms with Gasteiger partial charge in [-0.1, -0.05) is 43.0 Å². The van der Waals surface area contributed by atoms with Gasteiger partial charge in [-0.25, -0.2) is 14.8 Å². The van der Waals surface area contributed by atoms with Crippen molar-refractivity contribution in [1.29, 1.82) is 0 Å². The molecule has 3 aliphatic rings. The van der Waals surface area contributed by atoms with Gasteiger partial charge >= 0.3 is 6.09 Å². The molecule has 2 aromatic heterocycles. The number of anilines is 3. The van der Waals surface area contributed by atoms with Gasteiger partial charge in [0.25, 0.3) is 5.91 Å². The summed E-state index contributed by atoms with van der Waals surface area (Å²) in [5.74, 6) is 0.960. The molecule has 0 unspecified atom stereocenters. The number of thiazole rings is 1. The minimum atomic E-state index is -0.861. The maximum absolute atomic E-state index is 14.5. The van der Waals surface area contributed by atoms with Gasteiger partial charge < -0.3 is 40.0 Å². The third-order valence-electron chi connectivity index (χ3n) is 13.2. The Morgan fingerprint density at radius 2 is 1.70 bits per heavy atom. The predicted octanol–water partition coefficient (Wildman–Crippen LogP) is 7.82. The molecular weight excluding hydrogens is 948 g/mol. The van der Waals surface area contributed by atoms with Crippen molar-refractivity contribution in [3.8, 4) is 11.5 Å². The molecule has 18 nitrogen and oxygen atoms in total. The lowest BCUT2D eigenvalue weighted by Crippen LogP contribution is -2.56. The van der Waals surface area contributed by atoms with E-state index in [2.05, 4.69) is 30.8 Å². The highest BCUT2D eigenvalue weighted by Gasteiger charge is 2.41. The third-order valence-corrected chi connectivity index (χ3v) is 14.4. The van der Waals surface area contributed by atoms with Crippen molar-refractivity contribution in [2.24, 2.45) is 5.92 Å². The van der Waals surface area contributed by atoms with Crippen LogP contribution in [-0.4, -0.2) is 149 Å². The number of likely N-dealkylation sites (tertiary alicyclic amines) is 1. The van der Waals surface area contributed by atoms with Crippen LogP contribution in [0.15, 0.2) is 54.0 Å². The highest BCUT2D eigenvalue weighted by molar-refractivity contribution is 7.10. The van der Waals surface area contributed by atoms with Gasteiger partial charge in [-0.15, -0.1) is 11.3 Å². The number of carbonyl (C=O) groups is 5. The molecule has 382 valence electrons. The van der Waals surface area contributed by atoms with Gasteiger partial charge in [0, 0.05) is 69.9 Å². The molecule has 1 saturated carbocycles. The number of amides is 4. The second kappa shape index (κ2) is 23.9. The number of carbonyl (C=O) groups excluding carboxylic acids is 5. The first kappa shape index (κ1) is 52.8. The summed E-state index contributed by atoms with van der Waals surface area (Å²) in [6.45, 7) is 11.3. The Balaban J connectivity index is 0.886. The summed E-state index contributed by atoms with van der Waals surface area (Å²) in [7, 11) is 4.79. The molecular formula is C51H67ClN10O8S. The van der Waals surface area contributed by atoms with E-state index in [0.29, 0.717) is 88.5 Å². The summed E-state index contributed by atoms with van der Waals surface area (Å²) in [5, 5.41) is 11.9. The average molecular weight is 1020 g/mol. The number of likely N-dealkylation sites (N-methyl/N-ethyl adjacent to an activating group) is 1. The van der Waals surface area contributed by atoms with Crippen LogP contribution in [0, 0.1) is 5.92 Å². The molecule has 2 aliphatic heterocycles. The number of piperazine rings is 1. The number of rotatable bonds is 18. The first-order chi connectivity index (χ1) is 34.0. The van der Waals surface area contributed by atoms with E-state index < -0.39 is 29.7 Å². The number of halogens is 1. The summed E-state index contributed by atoms with van der Waals surface area (Å²) in [6, 6.07) is 10.4. The van der Waals surface area contributed by atoms with E-state index in [1.165, 1.54) is 29.5 Å². The molecule has 71 heavy (non-hydrogen) atoms. The molecule has 1 aliphatic carbocycles. The number of nitrogens with zero attached hydrogens (tertiary/aromatic N) is 7. The summed E-state index contributed by atoms with van der Waals surface area (Å²) < 4.78 is 17.2. The van der Waals surface area contributed by atoms with Crippen LogP contribution >= 0.6 is 22.9 Å². The zero-order valence-corrected chi connectivity index (χ0v) is 43.4. The fourth-order valence-corrected chi connectivity index (χ4v) is 10.3. The zero-order valence-electron chi connectivity index (χ0n) is 41.8. The van der Waals surface area contributed by atoms with E-state index in [1.807, 2.05) is 15.9 Å². The molecule has 0 bridgehead atoms. The summed E-state index contributed by atoms with van der Waals surface area (Å²) in [6.07, 6.45) is 7.78. The van der Waals surface area contributed by atoms with Gasteiger partial charge in [0.05, 0.1) is 31.6 Å². The lowest BCUT2D eigenvalue weighted by molar-refractivity contribution is -0.140. The molecule has 4 aromatic rings. The van der Waals surface area contributed by atoms with Crippen molar-refractivity contribution < 1.29 is 38.2 Å². The normalized spacial score (nSPS) is 17.5. The van der Waals surface area contributed by atoms with Crippen LogP contribution in [0.2, 0.25) is 5.02 Å². The average Bonchev–Trinajstić information content (AvgIpc) is 4.08.